The monoisotopic (exact) mass is 297 g/mol. The summed E-state index contributed by atoms with van der Waals surface area (Å²) in [5, 5.41) is 5.25. The average Bonchev–Trinajstić information content (AvgIpc) is 2.38. The summed E-state index contributed by atoms with van der Waals surface area (Å²) in [5.41, 5.74) is 1.79. The van der Waals surface area contributed by atoms with Crippen LogP contribution in [0.3, 0.4) is 0 Å². The summed E-state index contributed by atoms with van der Waals surface area (Å²) < 4.78 is 23.1. The van der Waals surface area contributed by atoms with Crippen LogP contribution in [-0.2, 0) is 10.0 Å². The molecule has 0 bridgehead atoms. The zero-order valence-corrected chi connectivity index (χ0v) is 12.1. The van der Waals surface area contributed by atoms with Crippen LogP contribution in [-0.4, -0.2) is 8.42 Å². The lowest BCUT2D eigenvalue weighted by Gasteiger charge is -2.15. The van der Waals surface area contributed by atoms with E-state index in [-0.39, 0.29) is 23.2 Å². The Morgan fingerprint density at radius 2 is 1.47 bits per heavy atom. The Kier molecular flexibility index (Phi) is 5.11. The highest BCUT2D eigenvalue weighted by atomic mass is 35.5. The minimum atomic E-state index is -3.69. The fraction of sp³-hybridized carbons (Fsp3) is 0.143. The Bertz CT molecular complexity index is 642. The van der Waals surface area contributed by atoms with Gasteiger partial charge in [0.05, 0.1) is 4.90 Å². The number of sulfonamides is 1. The molecule has 5 heteroatoms. The minimum absolute atomic E-state index is 0. The third kappa shape index (κ3) is 3.56. The maximum absolute atomic E-state index is 11.6. The normalized spacial score (nSPS) is 12.5. The Balaban J connectivity index is 0.00000180. The zero-order valence-electron chi connectivity index (χ0n) is 10.5. The number of primary sulfonamides is 1. The van der Waals surface area contributed by atoms with Crippen molar-refractivity contribution < 1.29 is 8.42 Å². The zero-order chi connectivity index (χ0) is 13.2. The highest BCUT2D eigenvalue weighted by Gasteiger charge is 2.18. The summed E-state index contributed by atoms with van der Waals surface area (Å²) in [6, 6.07) is 16.6. The highest BCUT2D eigenvalue weighted by Crippen LogP contribution is 2.28. The Morgan fingerprint density at radius 1 is 0.947 bits per heavy atom. The first-order valence-corrected chi connectivity index (χ1v) is 7.21. The molecule has 1 atom stereocenters. The molecule has 19 heavy (non-hydrogen) atoms. The van der Waals surface area contributed by atoms with Crippen molar-refractivity contribution in [2.75, 3.05) is 0 Å². The van der Waals surface area contributed by atoms with E-state index in [1.54, 1.807) is 18.2 Å². The van der Waals surface area contributed by atoms with Gasteiger partial charge < -0.3 is 0 Å². The molecule has 0 heterocycles. The number of benzene rings is 2. The predicted molar refractivity (Wildman–Crippen MR) is 79.0 cm³/mol. The predicted octanol–water partition coefficient (Wildman–Crippen LogP) is 2.91. The van der Waals surface area contributed by atoms with E-state index in [2.05, 4.69) is 0 Å². The molecule has 0 aliphatic heterocycles. The summed E-state index contributed by atoms with van der Waals surface area (Å²) in [4.78, 5) is 0.196. The third-order valence-corrected chi connectivity index (χ3v) is 3.98. The van der Waals surface area contributed by atoms with Gasteiger partial charge in [-0.25, -0.2) is 13.6 Å². The minimum Gasteiger partial charge on any atom is -0.225 e. The van der Waals surface area contributed by atoms with Gasteiger partial charge in [-0.2, -0.15) is 0 Å². The van der Waals surface area contributed by atoms with Gasteiger partial charge in [-0.05, 0) is 17.2 Å². The van der Waals surface area contributed by atoms with Crippen molar-refractivity contribution >= 4 is 22.4 Å². The van der Waals surface area contributed by atoms with Gasteiger partial charge in [0.15, 0.2) is 0 Å². The van der Waals surface area contributed by atoms with Gasteiger partial charge in [-0.3, -0.25) is 0 Å². The molecular formula is C14H16ClNO2S. The van der Waals surface area contributed by atoms with Crippen molar-refractivity contribution in [1.29, 1.82) is 0 Å². The molecule has 2 aromatic rings. The molecule has 0 fully saturated rings. The largest absolute Gasteiger partial charge is 0.238 e. The molecule has 0 aromatic heterocycles. The van der Waals surface area contributed by atoms with E-state index in [1.165, 1.54) is 0 Å². The first kappa shape index (κ1) is 15.7. The Labute approximate surface area is 119 Å². The molecule has 0 aliphatic carbocycles. The summed E-state index contributed by atoms with van der Waals surface area (Å²) in [7, 11) is -3.69. The van der Waals surface area contributed by atoms with Crippen LogP contribution in [0.4, 0.5) is 0 Å². The fourth-order valence-electron chi connectivity index (χ4n) is 2.02. The number of hydrogen-bond donors (Lipinski definition) is 1. The van der Waals surface area contributed by atoms with Crippen LogP contribution in [0.5, 0.6) is 0 Å². The average molecular weight is 298 g/mol. The van der Waals surface area contributed by atoms with Crippen molar-refractivity contribution in [3.63, 3.8) is 0 Å². The van der Waals surface area contributed by atoms with Crippen LogP contribution in [0, 0.1) is 0 Å². The van der Waals surface area contributed by atoms with E-state index in [0.29, 0.717) is 0 Å². The van der Waals surface area contributed by atoms with Crippen molar-refractivity contribution in [2.45, 2.75) is 17.7 Å². The molecule has 3 nitrogen and oxygen atoms in total. The van der Waals surface area contributed by atoms with Crippen LogP contribution in [0.15, 0.2) is 59.5 Å². The molecule has 0 radical (unpaired) electrons. The van der Waals surface area contributed by atoms with Gasteiger partial charge in [0.1, 0.15) is 0 Å². The molecule has 1 unspecified atom stereocenters. The second kappa shape index (κ2) is 6.19. The molecular weight excluding hydrogens is 282 g/mol. The van der Waals surface area contributed by atoms with Crippen LogP contribution in [0.25, 0.3) is 0 Å². The quantitative estimate of drug-likeness (QED) is 0.947. The lowest BCUT2D eigenvalue weighted by molar-refractivity contribution is 0.596. The van der Waals surface area contributed by atoms with Crippen molar-refractivity contribution in [3.8, 4) is 0 Å². The fourth-order valence-corrected chi connectivity index (χ4v) is 2.86. The molecule has 0 saturated carbocycles. The number of nitrogens with two attached hydrogens (primary N) is 1. The molecule has 2 aromatic carbocycles. The number of rotatable bonds is 3. The van der Waals surface area contributed by atoms with Gasteiger partial charge in [-0.15, -0.1) is 12.4 Å². The maximum Gasteiger partial charge on any atom is 0.238 e. The van der Waals surface area contributed by atoms with E-state index in [1.807, 2.05) is 43.3 Å². The Morgan fingerprint density at radius 3 is 2.05 bits per heavy atom. The van der Waals surface area contributed by atoms with E-state index < -0.39 is 10.0 Å². The highest BCUT2D eigenvalue weighted by molar-refractivity contribution is 7.89. The molecule has 102 valence electrons. The lowest BCUT2D eigenvalue weighted by Crippen LogP contribution is -2.15. The van der Waals surface area contributed by atoms with Crippen molar-refractivity contribution in [1.82, 2.24) is 0 Å². The first-order valence-electron chi connectivity index (χ1n) is 5.67. The van der Waals surface area contributed by atoms with Gasteiger partial charge >= 0.3 is 0 Å². The van der Waals surface area contributed by atoms with Crippen molar-refractivity contribution in [2.24, 2.45) is 5.14 Å². The molecule has 2 rings (SSSR count). The summed E-state index contributed by atoms with van der Waals surface area (Å²) in [5.74, 6) is -0.0132. The van der Waals surface area contributed by atoms with Crippen LogP contribution < -0.4 is 5.14 Å². The van der Waals surface area contributed by atoms with Gasteiger partial charge in [0.25, 0.3) is 0 Å². The van der Waals surface area contributed by atoms with Crippen LogP contribution in [0.1, 0.15) is 24.0 Å². The topological polar surface area (TPSA) is 60.2 Å². The van der Waals surface area contributed by atoms with Gasteiger partial charge in [0.2, 0.25) is 10.0 Å². The molecule has 0 aliphatic rings. The summed E-state index contributed by atoms with van der Waals surface area (Å²) in [6.45, 7) is 1.97. The van der Waals surface area contributed by atoms with E-state index in [4.69, 9.17) is 5.14 Å². The molecule has 0 amide bonds. The Hall–Kier alpha value is -1.36. The smallest absolute Gasteiger partial charge is 0.225 e. The lowest BCUT2D eigenvalue weighted by atomic mass is 9.93. The number of hydrogen-bond acceptors (Lipinski definition) is 2. The van der Waals surface area contributed by atoms with Crippen LogP contribution in [0.2, 0.25) is 0 Å². The van der Waals surface area contributed by atoms with E-state index >= 15 is 0 Å². The third-order valence-electron chi connectivity index (χ3n) is 2.99. The molecule has 0 spiro atoms. The van der Waals surface area contributed by atoms with Crippen LogP contribution >= 0.6 is 12.4 Å². The summed E-state index contributed by atoms with van der Waals surface area (Å²) >= 11 is 0. The van der Waals surface area contributed by atoms with Gasteiger partial charge in [0, 0.05) is 5.92 Å². The molecule has 0 saturated heterocycles. The van der Waals surface area contributed by atoms with Gasteiger partial charge in [-0.1, -0.05) is 55.5 Å². The summed E-state index contributed by atoms with van der Waals surface area (Å²) in [6.07, 6.45) is 0. The maximum atomic E-state index is 11.6. The SMILES string of the molecule is CC(c1ccccc1)c1ccccc1S(N)(=O)=O.Cl. The standard InChI is InChI=1S/C14H15NO2S.ClH/c1-11(12-7-3-2-4-8-12)13-9-5-6-10-14(13)18(15,16)17;/h2-11H,1H3,(H2,15,16,17);1H. The number of halogens is 1. The second-order valence-electron chi connectivity index (χ2n) is 4.22. The molecule has 2 N–H and O–H groups in total. The van der Waals surface area contributed by atoms with Crippen molar-refractivity contribution in [3.05, 3.63) is 65.7 Å². The van der Waals surface area contributed by atoms with E-state index in [0.717, 1.165) is 11.1 Å². The van der Waals surface area contributed by atoms with E-state index in [9.17, 15) is 8.42 Å². The first-order chi connectivity index (χ1) is 8.50. The second-order valence-corrected chi connectivity index (χ2v) is 5.75.